The highest BCUT2D eigenvalue weighted by Crippen LogP contribution is 2.34. The van der Waals surface area contributed by atoms with Crippen molar-refractivity contribution in [1.29, 1.82) is 5.26 Å². The third-order valence-electron chi connectivity index (χ3n) is 4.35. The first-order valence-electron chi connectivity index (χ1n) is 8.79. The van der Waals surface area contributed by atoms with Gasteiger partial charge in [-0.3, -0.25) is 4.98 Å². The fraction of sp³-hybridized carbons (Fsp3) is 0.136. The zero-order chi connectivity index (χ0) is 21.7. The van der Waals surface area contributed by atoms with Crippen molar-refractivity contribution in [1.82, 2.24) is 4.98 Å². The number of aromatic carboxylic acids is 1. The minimum atomic E-state index is -1.18. The van der Waals surface area contributed by atoms with Crippen LogP contribution in [-0.2, 0) is 13.2 Å². The second-order valence-electron chi connectivity index (χ2n) is 6.38. The van der Waals surface area contributed by atoms with Crippen LogP contribution in [0, 0.1) is 18.3 Å². The van der Waals surface area contributed by atoms with Crippen LogP contribution in [0.3, 0.4) is 0 Å². The lowest BCUT2D eigenvalue weighted by Gasteiger charge is -2.15. The van der Waals surface area contributed by atoms with Gasteiger partial charge in [0, 0.05) is 28.5 Å². The average molecular weight is 488 g/mol. The molecule has 0 amide bonds. The summed E-state index contributed by atoms with van der Waals surface area (Å²) in [6.07, 6.45) is 2.98. The van der Waals surface area contributed by atoms with Gasteiger partial charge in [0.1, 0.15) is 36.3 Å². The Morgan fingerprint density at radius 1 is 1.20 bits per heavy atom. The Kier molecular flexibility index (Phi) is 6.93. The minimum Gasteiger partial charge on any atom is -0.488 e. The predicted octanol–water partition coefficient (Wildman–Crippen LogP) is 5.53. The molecule has 3 aromatic rings. The molecule has 1 aromatic heterocycles. The van der Waals surface area contributed by atoms with Crippen LogP contribution in [0.1, 0.15) is 32.6 Å². The number of rotatable bonds is 7. The molecule has 0 atom stereocenters. The Balaban J connectivity index is 1.83. The summed E-state index contributed by atoms with van der Waals surface area (Å²) in [6.45, 7) is 2.26. The van der Waals surface area contributed by atoms with Gasteiger partial charge < -0.3 is 14.6 Å². The van der Waals surface area contributed by atoms with Crippen LogP contribution in [0.5, 0.6) is 11.5 Å². The maximum Gasteiger partial charge on any atom is 0.339 e. The largest absolute Gasteiger partial charge is 0.488 e. The van der Waals surface area contributed by atoms with Gasteiger partial charge in [-0.1, -0.05) is 39.7 Å². The molecule has 0 bridgehead atoms. The molecule has 6 nitrogen and oxygen atoms in total. The Morgan fingerprint density at radius 3 is 2.70 bits per heavy atom. The van der Waals surface area contributed by atoms with E-state index in [1.807, 2.05) is 31.2 Å². The molecule has 30 heavy (non-hydrogen) atoms. The molecule has 1 N–H and O–H groups in total. The number of ether oxygens (including phenoxy) is 2. The van der Waals surface area contributed by atoms with E-state index >= 15 is 0 Å². The molecule has 0 saturated heterocycles. The second-order valence-corrected chi connectivity index (χ2v) is 7.64. The van der Waals surface area contributed by atoms with Gasteiger partial charge in [-0.2, -0.15) is 5.26 Å². The number of carboxylic acids is 1. The minimum absolute atomic E-state index is 0.0363. The van der Waals surface area contributed by atoms with E-state index in [4.69, 9.17) is 26.3 Å². The summed E-state index contributed by atoms with van der Waals surface area (Å²) < 4.78 is 12.5. The summed E-state index contributed by atoms with van der Waals surface area (Å²) in [7, 11) is 0. The molecule has 152 valence electrons. The number of benzene rings is 2. The highest BCUT2D eigenvalue weighted by molar-refractivity contribution is 9.10. The van der Waals surface area contributed by atoms with E-state index in [0.29, 0.717) is 16.9 Å². The lowest BCUT2D eigenvalue weighted by Crippen LogP contribution is -2.06. The molecular weight excluding hydrogens is 472 g/mol. The third kappa shape index (κ3) is 5.09. The van der Waals surface area contributed by atoms with Crippen LogP contribution in [0.25, 0.3) is 0 Å². The number of nitrogens with zero attached hydrogens (tertiary/aromatic N) is 2. The molecule has 0 unspecified atom stereocenters. The zero-order valence-corrected chi connectivity index (χ0v) is 18.2. The lowest BCUT2D eigenvalue weighted by atomic mass is 10.1. The van der Waals surface area contributed by atoms with Gasteiger partial charge in [-0.15, -0.1) is 0 Å². The van der Waals surface area contributed by atoms with Crippen LogP contribution in [-0.4, -0.2) is 16.1 Å². The van der Waals surface area contributed by atoms with Crippen LogP contribution >= 0.6 is 27.5 Å². The standard InChI is InChI=1S/C22H16BrClN2O4/c1-13-16(3-2-4-18(13)23)12-30-21-7-20(17(22(27)28)6-19(21)24)29-11-15-5-14(8-25)9-26-10-15/h2-7,9-10H,11-12H2,1H3,(H,27,28). The van der Waals surface area contributed by atoms with E-state index in [0.717, 1.165) is 15.6 Å². The molecule has 8 heteroatoms. The SMILES string of the molecule is Cc1c(Br)cccc1COc1cc(OCc2cncc(C#N)c2)c(C(=O)O)cc1Cl. The molecule has 2 aromatic carbocycles. The van der Waals surface area contributed by atoms with Gasteiger partial charge in [0.05, 0.1) is 10.6 Å². The smallest absolute Gasteiger partial charge is 0.339 e. The molecule has 0 spiro atoms. The number of hydrogen-bond donors (Lipinski definition) is 1. The summed E-state index contributed by atoms with van der Waals surface area (Å²) in [5, 5.41) is 18.6. The average Bonchev–Trinajstić information content (AvgIpc) is 2.74. The summed E-state index contributed by atoms with van der Waals surface area (Å²) in [6, 6.07) is 12.2. The van der Waals surface area contributed by atoms with E-state index < -0.39 is 5.97 Å². The maximum atomic E-state index is 11.6. The Labute approximate surface area is 186 Å². The van der Waals surface area contributed by atoms with E-state index in [-0.39, 0.29) is 29.5 Å². The van der Waals surface area contributed by atoms with E-state index in [1.165, 1.54) is 18.3 Å². The number of halogens is 2. The lowest BCUT2D eigenvalue weighted by molar-refractivity contribution is 0.0691. The van der Waals surface area contributed by atoms with Crippen molar-refractivity contribution in [3.8, 4) is 17.6 Å². The van der Waals surface area contributed by atoms with Crippen molar-refractivity contribution in [2.24, 2.45) is 0 Å². The first kappa shape index (κ1) is 21.6. The number of carbonyl (C=O) groups is 1. The summed E-state index contributed by atoms with van der Waals surface area (Å²) in [5.41, 5.74) is 2.93. The third-order valence-corrected chi connectivity index (χ3v) is 5.50. The highest BCUT2D eigenvalue weighted by Gasteiger charge is 2.17. The molecular formula is C22H16BrClN2O4. The van der Waals surface area contributed by atoms with Gasteiger partial charge in [0.25, 0.3) is 0 Å². The van der Waals surface area contributed by atoms with Crippen LogP contribution in [0.15, 0.2) is 53.3 Å². The number of pyridine rings is 1. The van der Waals surface area contributed by atoms with Gasteiger partial charge in [0.15, 0.2) is 0 Å². The molecule has 0 fully saturated rings. The van der Waals surface area contributed by atoms with Crippen LogP contribution in [0.2, 0.25) is 5.02 Å². The topological polar surface area (TPSA) is 92.4 Å². The Morgan fingerprint density at radius 2 is 1.97 bits per heavy atom. The van der Waals surface area contributed by atoms with Gasteiger partial charge >= 0.3 is 5.97 Å². The molecule has 0 saturated carbocycles. The number of carboxylic acid groups (broad SMARTS) is 1. The van der Waals surface area contributed by atoms with Crippen molar-refractivity contribution < 1.29 is 19.4 Å². The summed E-state index contributed by atoms with van der Waals surface area (Å²) >= 11 is 9.72. The Bertz CT molecular complexity index is 1140. The molecule has 1 heterocycles. The monoisotopic (exact) mass is 486 g/mol. The fourth-order valence-corrected chi connectivity index (χ4v) is 3.31. The second kappa shape index (κ2) is 9.61. The van der Waals surface area contributed by atoms with Gasteiger partial charge in [-0.05, 0) is 36.2 Å². The summed E-state index contributed by atoms with van der Waals surface area (Å²) in [4.78, 5) is 15.6. The van der Waals surface area contributed by atoms with Gasteiger partial charge in [0.2, 0.25) is 0 Å². The molecule has 0 aliphatic rings. The molecule has 0 aliphatic heterocycles. The highest BCUT2D eigenvalue weighted by atomic mass is 79.9. The van der Waals surface area contributed by atoms with Crippen molar-refractivity contribution in [2.75, 3.05) is 0 Å². The summed E-state index contributed by atoms with van der Waals surface area (Å²) in [5.74, 6) is -0.764. The van der Waals surface area contributed by atoms with Crippen LogP contribution < -0.4 is 9.47 Å². The molecule has 0 radical (unpaired) electrons. The fourth-order valence-electron chi connectivity index (χ4n) is 2.68. The first-order chi connectivity index (χ1) is 14.4. The van der Waals surface area contributed by atoms with Gasteiger partial charge in [-0.25, -0.2) is 4.79 Å². The number of nitriles is 1. The Hall–Kier alpha value is -3.08. The molecule has 3 rings (SSSR count). The van der Waals surface area contributed by atoms with E-state index in [2.05, 4.69) is 20.9 Å². The quantitative estimate of drug-likeness (QED) is 0.471. The predicted molar refractivity (Wildman–Crippen MR) is 115 cm³/mol. The van der Waals surface area contributed by atoms with E-state index in [1.54, 1.807) is 12.3 Å². The molecule has 0 aliphatic carbocycles. The van der Waals surface area contributed by atoms with Crippen molar-refractivity contribution >= 4 is 33.5 Å². The zero-order valence-electron chi connectivity index (χ0n) is 15.9. The number of aromatic nitrogens is 1. The van der Waals surface area contributed by atoms with Crippen molar-refractivity contribution in [2.45, 2.75) is 20.1 Å². The normalized spacial score (nSPS) is 10.3. The van der Waals surface area contributed by atoms with Crippen LogP contribution in [0.4, 0.5) is 0 Å². The van der Waals surface area contributed by atoms with E-state index in [9.17, 15) is 9.90 Å². The van der Waals surface area contributed by atoms with Crippen molar-refractivity contribution in [3.05, 3.63) is 86.1 Å². The maximum absolute atomic E-state index is 11.6. The number of hydrogen-bond acceptors (Lipinski definition) is 5. The first-order valence-corrected chi connectivity index (χ1v) is 9.96. The van der Waals surface area contributed by atoms with Crippen molar-refractivity contribution in [3.63, 3.8) is 0 Å².